The van der Waals surface area contributed by atoms with Gasteiger partial charge in [0.25, 0.3) is 11.8 Å². The van der Waals surface area contributed by atoms with Crippen LogP contribution < -0.4 is 5.32 Å². The second kappa shape index (κ2) is 4.78. The number of carbonyl (C=O) groups excluding carboxylic acids is 2. The molecule has 1 saturated heterocycles. The van der Waals surface area contributed by atoms with E-state index in [-0.39, 0.29) is 17.9 Å². The average Bonchev–Trinajstić information content (AvgIpc) is 2.67. The predicted octanol–water partition coefficient (Wildman–Crippen LogP) is 1.67. The van der Waals surface area contributed by atoms with Crippen molar-refractivity contribution in [3.05, 3.63) is 35.4 Å². The quantitative estimate of drug-likeness (QED) is 0.821. The van der Waals surface area contributed by atoms with Crippen LogP contribution in [0.25, 0.3) is 0 Å². The largest absolute Gasteiger partial charge is 0.312 e. The zero-order chi connectivity index (χ0) is 13.4. The molecule has 0 bridgehead atoms. The standard InChI is InChI=1S/C15H18N2O2/c1-10-5-4-8-16-13(10)9-17-14(18)11-6-2-3-7-12(11)15(17)19/h2-3,6-7,10,13,16H,4-5,8-9H2,1H3. The third-order valence-corrected chi connectivity index (χ3v) is 4.19. The van der Waals surface area contributed by atoms with Crippen molar-refractivity contribution < 1.29 is 9.59 Å². The van der Waals surface area contributed by atoms with Gasteiger partial charge >= 0.3 is 0 Å². The maximum absolute atomic E-state index is 12.3. The lowest BCUT2D eigenvalue weighted by molar-refractivity contribution is 0.0619. The van der Waals surface area contributed by atoms with Gasteiger partial charge in [0.1, 0.15) is 0 Å². The number of piperidine rings is 1. The monoisotopic (exact) mass is 258 g/mol. The van der Waals surface area contributed by atoms with Gasteiger partial charge in [-0.1, -0.05) is 19.1 Å². The first-order chi connectivity index (χ1) is 9.18. The van der Waals surface area contributed by atoms with Crippen LogP contribution in [-0.4, -0.2) is 35.8 Å². The Kier molecular flexibility index (Phi) is 3.11. The van der Waals surface area contributed by atoms with Crippen molar-refractivity contribution >= 4 is 11.8 Å². The number of rotatable bonds is 2. The molecular weight excluding hydrogens is 240 g/mol. The minimum atomic E-state index is -0.153. The Balaban J connectivity index is 1.80. The van der Waals surface area contributed by atoms with E-state index in [4.69, 9.17) is 0 Å². The first-order valence-electron chi connectivity index (χ1n) is 6.87. The number of imide groups is 1. The molecule has 2 atom stereocenters. The van der Waals surface area contributed by atoms with E-state index in [9.17, 15) is 9.59 Å². The summed E-state index contributed by atoms with van der Waals surface area (Å²) < 4.78 is 0. The van der Waals surface area contributed by atoms with E-state index in [1.165, 1.54) is 11.3 Å². The Bertz CT molecular complexity index is 492. The SMILES string of the molecule is CC1CCCNC1CN1C(=O)c2ccccc2C1=O. The number of hydrogen-bond donors (Lipinski definition) is 1. The molecule has 100 valence electrons. The van der Waals surface area contributed by atoms with Gasteiger partial charge in [-0.3, -0.25) is 14.5 Å². The minimum absolute atomic E-state index is 0.153. The molecule has 0 aliphatic carbocycles. The number of nitrogens with zero attached hydrogens (tertiary/aromatic N) is 1. The predicted molar refractivity (Wildman–Crippen MR) is 72.0 cm³/mol. The van der Waals surface area contributed by atoms with Gasteiger partial charge in [-0.2, -0.15) is 0 Å². The highest BCUT2D eigenvalue weighted by Crippen LogP contribution is 2.24. The molecule has 0 aromatic heterocycles. The van der Waals surface area contributed by atoms with Crippen molar-refractivity contribution in [2.75, 3.05) is 13.1 Å². The zero-order valence-electron chi connectivity index (χ0n) is 11.1. The van der Waals surface area contributed by atoms with Gasteiger partial charge in [-0.15, -0.1) is 0 Å². The molecular formula is C15H18N2O2. The topological polar surface area (TPSA) is 49.4 Å². The fourth-order valence-corrected chi connectivity index (χ4v) is 2.96. The van der Waals surface area contributed by atoms with Crippen LogP contribution in [0, 0.1) is 5.92 Å². The van der Waals surface area contributed by atoms with E-state index in [0.717, 1.165) is 13.0 Å². The normalized spacial score (nSPS) is 26.7. The minimum Gasteiger partial charge on any atom is -0.312 e. The molecule has 2 aliphatic heterocycles. The fraction of sp³-hybridized carbons (Fsp3) is 0.467. The van der Waals surface area contributed by atoms with Crippen LogP contribution in [0.15, 0.2) is 24.3 Å². The maximum Gasteiger partial charge on any atom is 0.261 e. The fourth-order valence-electron chi connectivity index (χ4n) is 2.96. The molecule has 1 fully saturated rings. The third-order valence-electron chi connectivity index (χ3n) is 4.19. The summed E-state index contributed by atoms with van der Waals surface area (Å²) in [5.74, 6) is 0.193. The van der Waals surface area contributed by atoms with Crippen LogP contribution in [-0.2, 0) is 0 Å². The van der Waals surface area contributed by atoms with Crippen molar-refractivity contribution in [2.24, 2.45) is 5.92 Å². The lowest BCUT2D eigenvalue weighted by Gasteiger charge is -2.32. The van der Waals surface area contributed by atoms with Crippen molar-refractivity contribution in [1.82, 2.24) is 10.2 Å². The molecule has 4 heteroatoms. The lowest BCUT2D eigenvalue weighted by atomic mass is 9.92. The maximum atomic E-state index is 12.3. The lowest BCUT2D eigenvalue weighted by Crippen LogP contribution is -2.49. The Hall–Kier alpha value is -1.68. The summed E-state index contributed by atoms with van der Waals surface area (Å²) in [5.41, 5.74) is 1.08. The highest BCUT2D eigenvalue weighted by Gasteiger charge is 2.37. The highest BCUT2D eigenvalue weighted by molar-refractivity contribution is 6.21. The molecule has 1 aromatic carbocycles. The molecule has 0 radical (unpaired) electrons. The molecule has 0 saturated carbocycles. The van der Waals surface area contributed by atoms with Crippen LogP contribution >= 0.6 is 0 Å². The van der Waals surface area contributed by atoms with Crippen LogP contribution in [0.2, 0.25) is 0 Å². The van der Waals surface area contributed by atoms with Crippen LogP contribution in [0.3, 0.4) is 0 Å². The number of fused-ring (bicyclic) bond motifs is 1. The summed E-state index contributed by atoms with van der Waals surface area (Å²) in [7, 11) is 0. The van der Waals surface area contributed by atoms with E-state index in [0.29, 0.717) is 23.6 Å². The number of hydrogen-bond acceptors (Lipinski definition) is 3. The Labute approximate surface area is 112 Å². The molecule has 1 N–H and O–H groups in total. The first-order valence-corrected chi connectivity index (χ1v) is 6.87. The van der Waals surface area contributed by atoms with Crippen molar-refractivity contribution in [3.8, 4) is 0 Å². The number of amides is 2. The van der Waals surface area contributed by atoms with Crippen molar-refractivity contribution in [1.29, 1.82) is 0 Å². The highest BCUT2D eigenvalue weighted by atomic mass is 16.2. The molecule has 2 heterocycles. The molecule has 1 aromatic rings. The van der Waals surface area contributed by atoms with Gasteiger partial charge in [-0.25, -0.2) is 0 Å². The van der Waals surface area contributed by atoms with E-state index in [1.54, 1.807) is 24.3 Å². The van der Waals surface area contributed by atoms with Crippen molar-refractivity contribution in [3.63, 3.8) is 0 Å². The number of benzene rings is 1. The van der Waals surface area contributed by atoms with Gasteiger partial charge in [-0.05, 0) is 37.4 Å². The van der Waals surface area contributed by atoms with Gasteiger partial charge in [0.2, 0.25) is 0 Å². The molecule has 0 spiro atoms. The third kappa shape index (κ3) is 2.06. The summed E-state index contributed by atoms with van der Waals surface area (Å²) in [6.07, 6.45) is 2.32. The van der Waals surface area contributed by atoms with E-state index >= 15 is 0 Å². The summed E-state index contributed by atoms with van der Waals surface area (Å²) in [4.78, 5) is 25.9. The smallest absolute Gasteiger partial charge is 0.261 e. The number of carbonyl (C=O) groups is 2. The van der Waals surface area contributed by atoms with Crippen molar-refractivity contribution in [2.45, 2.75) is 25.8 Å². The van der Waals surface area contributed by atoms with E-state index in [2.05, 4.69) is 12.2 Å². The van der Waals surface area contributed by atoms with Gasteiger partial charge < -0.3 is 5.32 Å². The van der Waals surface area contributed by atoms with Gasteiger partial charge in [0.15, 0.2) is 0 Å². The molecule has 4 nitrogen and oxygen atoms in total. The molecule has 3 rings (SSSR count). The Morgan fingerprint density at radius 1 is 1.21 bits per heavy atom. The number of nitrogens with one attached hydrogen (secondary N) is 1. The van der Waals surface area contributed by atoms with Gasteiger partial charge in [0, 0.05) is 12.6 Å². The molecule has 2 aliphatic rings. The van der Waals surface area contributed by atoms with Crippen LogP contribution in [0.4, 0.5) is 0 Å². The summed E-state index contributed by atoms with van der Waals surface area (Å²) in [6, 6.07) is 7.28. The molecule has 2 unspecified atom stereocenters. The first kappa shape index (κ1) is 12.4. The summed E-state index contributed by atoms with van der Waals surface area (Å²) in [6.45, 7) is 3.63. The Morgan fingerprint density at radius 2 is 1.84 bits per heavy atom. The second-order valence-electron chi connectivity index (χ2n) is 5.45. The average molecular weight is 258 g/mol. The van der Waals surface area contributed by atoms with E-state index < -0.39 is 0 Å². The second-order valence-corrected chi connectivity index (χ2v) is 5.45. The van der Waals surface area contributed by atoms with Crippen LogP contribution in [0.5, 0.6) is 0 Å². The molecule has 19 heavy (non-hydrogen) atoms. The zero-order valence-corrected chi connectivity index (χ0v) is 11.1. The summed E-state index contributed by atoms with van der Waals surface area (Å²) >= 11 is 0. The van der Waals surface area contributed by atoms with E-state index in [1.807, 2.05) is 0 Å². The van der Waals surface area contributed by atoms with Gasteiger partial charge in [0.05, 0.1) is 11.1 Å². The summed E-state index contributed by atoms with van der Waals surface area (Å²) in [5, 5.41) is 3.42. The molecule has 2 amide bonds. The Morgan fingerprint density at radius 3 is 2.42 bits per heavy atom. The van der Waals surface area contributed by atoms with Crippen LogP contribution in [0.1, 0.15) is 40.5 Å².